The Kier molecular flexibility index (Phi) is 3.25. The maximum atomic E-state index is 14.4. The summed E-state index contributed by atoms with van der Waals surface area (Å²) in [5.74, 6) is -1.42. The highest BCUT2D eigenvalue weighted by Crippen LogP contribution is 2.57. The zero-order valence-corrected chi connectivity index (χ0v) is 11.2. The minimum Gasteiger partial charge on any atom is -0.396 e. The standard InChI is InChI=1S/C13H17F2N3O3/c14-7-4-18(12(21)17-11(7)16)8-3-13(5-19,6-1-2-6)10(20)9(8)15/h4,6,8-10,19-20H,1-3,5H2,(H2,16,17,21)/t8-,9-,10+,13-/m1/s1. The third-order valence-electron chi connectivity index (χ3n) is 4.82. The average Bonchev–Trinajstić information content (AvgIpc) is 3.25. The van der Waals surface area contributed by atoms with E-state index in [-0.39, 0.29) is 18.9 Å². The molecule has 4 N–H and O–H groups in total. The normalized spacial score (nSPS) is 36.1. The van der Waals surface area contributed by atoms with Gasteiger partial charge in [-0.05, 0) is 25.2 Å². The number of hydrogen-bond acceptors (Lipinski definition) is 5. The van der Waals surface area contributed by atoms with Gasteiger partial charge >= 0.3 is 5.69 Å². The summed E-state index contributed by atoms with van der Waals surface area (Å²) in [5.41, 5.74) is 3.37. The summed E-state index contributed by atoms with van der Waals surface area (Å²) < 4.78 is 28.8. The van der Waals surface area contributed by atoms with Crippen molar-refractivity contribution in [3.8, 4) is 0 Å². The third-order valence-corrected chi connectivity index (χ3v) is 4.82. The maximum Gasteiger partial charge on any atom is 0.350 e. The number of aliphatic hydroxyl groups is 2. The zero-order chi connectivity index (χ0) is 15.4. The second-order valence-corrected chi connectivity index (χ2v) is 5.99. The molecule has 0 bridgehead atoms. The summed E-state index contributed by atoms with van der Waals surface area (Å²) in [5, 5.41) is 19.8. The molecule has 2 aliphatic carbocycles. The number of nitrogens with two attached hydrogens (primary N) is 1. The Balaban J connectivity index is 2.00. The largest absolute Gasteiger partial charge is 0.396 e. The minimum atomic E-state index is -1.76. The monoisotopic (exact) mass is 301 g/mol. The molecule has 2 fully saturated rings. The number of hydrogen-bond donors (Lipinski definition) is 3. The van der Waals surface area contributed by atoms with E-state index in [1.54, 1.807) is 0 Å². The molecule has 116 valence electrons. The lowest BCUT2D eigenvalue weighted by atomic mass is 9.79. The summed E-state index contributed by atoms with van der Waals surface area (Å²) in [4.78, 5) is 15.1. The lowest BCUT2D eigenvalue weighted by molar-refractivity contribution is -0.0361. The highest BCUT2D eigenvalue weighted by molar-refractivity contribution is 5.27. The Morgan fingerprint density at radius 3 is 2.76 bits per heavy atom. The molecule has 0 amide bonds. The quantitative estimate of drug-likeness (QED) is 0.729. The predicted molar refractivity (Wildman–Crippen MR) is 69.7 cm³/mol. The van der Waals surface area contributed by atoms with Gasteiger partial charge in [0.15, 0.2) is 11.6 Å². The van der Waals surface area contributed by atoms with E-state index in [1.807, 2.05) is 0 Å². The Morgan fingerprint density at radius 2 is 2.19 bits per heavy atom. The first-order chi connectivity index (χ1) is 9.90. The van der Waals surface area contributed by atoms with Gasteiger partial charge in [0.2, 0.25) is 0 Å². The topological polar surface area (TPSA) is 101 Å². The number of aliphatic hydroxyl groups excluding tert-OH is 2. The van der Waals surface area contributed by atoms with E-state index in [0.717, 1.165) is 23.6 Å². The second kappa shape index (κ2) is 4.74. The second-order valence-electron chi connectivity index (χ2n) is 5.99. The van der Waals surface area contributed by atoms with Crippen molar-refractivity contribution in [1.82, 2.24) is 9.55 Å². The van der Waals surface area contributed by atoms with Crippen LogP contribution in [0.15, 0.2) is 11.0 Å². The first-order valence-electron chi connectivity index (χ1n) is 6.88. The Hall–Kier alpha value is -1.54. The molecule has 0 spiro atoms. The molecule has 2 saturated carbocycles. The lowest BCUT2D eigenvalue weighted by Crippen LogP contribution is -2.39. The summed E-state index contributed by atoms with van der Waals surface area (Å²) in [6.07, 6.45) is -0.648. The fourth-order valence-electron chi connectivity index (χ4n) is 3.45. The Labute approximate surface area is 119 Å². The molecule has 0 aromatic carbocycles. The molecule has 1 aromatic heterocycles. The first-order valence-corrected chi connectivity index (χ1v) is 6.88. The molecular weight excluding hydrogens is 284 g/mol. The van der Waals surface area contributed by atoms with Crippen LogP contribution in [0, 0.1) is 17.2 Å². The number of aromatic nitrogens is 2. The van der Waals surface area contributed by atoms with Gasteiger partial charge in [-0.1, -0.05) is 0 Å². The van der Waals surface area contributed by atoms with Crippen LogP contribution < -0.4 is 11.4 Å². The van der Waals surface area contributed by atoms with Crippen molar-refractivity contribution >= 4 is 5.82 Å². The van der Waals surface area contributed by atoms with Crippen LogP contribution in [0.5, 0.6) is 0 Å². The summed E-state index contributed by atoms with van der Waals surface area (Å²) in [7, 11) is 0. The van der Waals surface area contributed by atoms with E-state index in [2.05, 4.69) is 4.98 Å². The van der Waals surface area contributed by atoms with Gasteiger partial charge in [-0.3, -0.25) is 4.57 Å². The Morgan fingerprint density at radius 1 is 1.52 bits per heavy atom. The van der Waals surface area contributed by atoms with E-state index in [4.69, 9.17) is 5.73 Å². The van der Waals surface area contributed by atoms with E-state index >= 15 is 0 Å². The van der Waals surface area contributed by atoms with Gasteiger partial charge in [0.1, 0.15) is 6.17 Å². The summed E-state index contributed by atoms with van der Waals surface area (Å²) in [6.45, 7) is -0.366. The van der Waals surface area contributed by atoms with Crippen molar-refractivity contribution in [2.75, 3.05) is 12.3 Å². The first kappa shape index (κ1) is 14.4. The molecule has 8 heteroatoms. The van der Waals surface area contributed by atoms with Gasteiger partial charge in [0.25, 0.3) is 0 Å². The van der Waals surface area contributed by atoms with Crippen LogP contribution in [-0.2, 0) is 0 Å². The van der Waals surface area contributed by atoms with Crippen molar-refractivity contribution in [1.29, 1.82) is 0 Å². The molecule has 3 rings (SSSR count). The lowest BCUT2D eigenvalue weighted by Gasteiger charge is -2.30. The summed E-state index contributed by atoms with van der Waals surface area (Å²) >= 11 is 0. The third kappa shape index (κ3) is 2.04. The van der Waals surface area contributed by atoms with Crippen molar-refractivity contribution in [3.05, 3.63) is 22.5 Å². The maximum absolute atomic E-state index is 14.4. The average molecular weight is 301 g/mol. The van der Waals surface area contributed by atoms with Crippen LogP contribution in [0.1, 0.15) is 25.3 Å². The number of alkyl halides is 1. The minimum absolute atomic E-state index is 0.0306. The van der Waals surface area contributed by atoms with Crippen molar-refractivity contribution in [2.24, 2.45) is 11.3 Å². The van der Waals surface area contributed by atoms with Gasteiger partial charge in [-0.2, -0.15) is 4.98 Å². The molecule has 0 radical (unpaired) electrons. The fraction of sp³-hybridized carbons (Fsp3) is 0.692. The van der Waals surface area contributed by atoms with Crippen LogP contribution in [0.3, 0.4) is 0 Å². The van der Waals surface area contributed by atoms with Crippen molar-refractivity contribution in [3.63, 3.8) is 0 Å². The van der Waals surface area contributed by atoms with Crippen LogP contribution in [-0.4, -0.2) is 38.6 Å². The summed E-state index contributed by atoms with van der Waals surface area (Å²) in [6, 6.07) is -1.05. The molecular formula is C13H17F2N3O3. The number of anilines is 1. The van der Waals surface area contributed by atoms with Crippen LogP contribution in [0.25, 0.3) is 0 Å². The van der Waals surface area contributed by atoms with Crippen molar-refractivity contribution in [2.45, 2.75) is 37.6 Å². The Bertz CT molecular complexity index is 619. The van der Waals surface area contributed by atoms with E-state index in [9.17, 15) is 23.8 Å². The SMILES string of the molecule is Nc1nc(=O)n([C@@H]2C[C@@](CO)(C3CC3)[C@@H](O)[C@@H]2F)cc1F. The fourth-order valence-corrected chi connectivity index (χ4v) is 3.45. The van der Waals surface area contributed by atoms with Crippen LogP contribution >= 0.6 is 0 Å². The van der Waals surface area contributed by atoms with Gasteiger partial charge in [0.05, 0.1) is 18.8 Å². The number of nitrogens with zero attached hydrogens (tertiary/aromatic N) is 2. The molecule has 1 heterocycles. The van der Waals surface area contributed by atoms with E-state index in [1.165, 1.54) is 0 Å². The molecule has 6 nitrogen and oxygen atoms in total. The van der Waals surface area contributed by atoms with Gasteiger partial charge in [-0.25, -0.2) is 13.6 Å². The van der Waals surface area contributed by atoms with Gasteiger partial charge < -0.3 is 15.9 Å². The van der Waals surface area contributed by atoms with Crippen LogP contribution in [0.2, 0.25) is 0 Å². The molecule has 21 heavy (non-hydrogen) atoms. The van der Waals surface area contributed by atoms with Gasteiger partial charge in [-0.15, -0.1) is 0 Å². The molecule has 0 saturated heterocycles. The van der Waals surface area contributed by atoms with Crippen molar-refractivity contribution < 1.29 is 19.0 Å². The highest BCUT2D eigenvalue weighted by atomic mass is 19.1. The molecule has 2 aliphatic rings. The highest BCUT2D eigenvalue weighted by Gasteiger charge is 2.60. The smallest absolute Gasteiger partial charge is 0.350 e. The molecule has 4 atom stereocenters. The number of rotatable bonds is 3. The molecule has 0 aliphatic heterocycles. The molecule has 0 unspecified atom stereocenters. The van der Waals surface area contributed by atoms with Crippen LogP contribution in [0.4, 0.5) is 14.6 Å². The number of halogens is 2. The molecule has 1 aromatic rings. The van der Waals surface area contributed by atoms with E-state index < -0.39 is 41.1 Å². The van der Waals surface area contributed by atoms with E-state index in [0.29, 0.717) is 0 Å². The number of nitrogen functional groups attached to an aromatic ring is 1. The van der Waals surface area contributed by atoms with Gasteiger partial charge in [0, 0.05) is 11.6 Å². The predicted octanol–water partition coefficient (Wildman–Crippen LogP) is -0.00290. The zero-order valence-electron chi connectivity index (χ0n) is 11.2.